The molecule has 0 aliphatic rings. The third-order valence-electron chi connectivity index (χ3n) is 2.82. The fourth-order valence-corrected chi connectivity index (χ4v) is 1.92. The second-order valence-corrected chi connectivity index (χ2v) is 5.45. The molecule has 0 spiro atoms. The first-order valence-electron chi connectivity index (χ1n) is 7.17. The molecular formula is C17H27NO. The summed E-state index contributed by atoms with van der Waals surface area (Å²) >= 11 is 0. The maximum Gasteiger partial charge on any atom is 0.127 e. The van der Waals surface area contributed by atoms with E-state index in [1.165, 1.54) is 11.1 Å². The van der Waals surface area contributed by atoms with E-state index in [1.54, 1.807) is 0 Å². The monoisotopic (exact) mass is 261 g/mol. The van der Waals surface area contributed by atoms with Crippen LogP contribution in [-0.2, 0) is 0 Å². The van der Waals surface area contributed by atoms with Crippen molar-refractivity contribution >= 4 is 5.57 Å². The predicted molar refractivity (Wildman–Crippen MR) is 83.6 cm³/mol. The number of allylic oxidation sites excluding steroid dienone is 1. The number of para-hydroxylation sites is 1. The topological polar surface area (TPSA) is 21.3 Å². The summed E-state index contributed by atoms with van der Waals surface area (Å²) in [5.41, 5.74) is 2.47. The fourth-order valence-electron chi connectivity index (χ4n) is 1.92. The first-order valence-corrected chi connectivity index (χ1v) is 7.17. The molecule has 0 aromatic heterocycles. The van der Waals surface area contributed by atoms with Crippen molar-refractivity contribution in [2.75, 3.05) is 6.54 Å². The Kier molecular flexibility index (Phi) is 6.65. The van der Waals surface area contributed by atoms with E-state index in [-0.39, 0.29) is 6.10 Å². The van der Waals surface area contributed by atoms with E-state index in [1.807, 2.05) is 12.1 Å². The van der Waals surface area contributed by atoms with Crippen LogP contribution >= 0.6 is 0 Å². The van der Waals surface area contributed by atoms with Crippen LogP contribution < -0.4 is 10.1 Å². The Balaban J connectivity index is 2.69. The zero-order valence-corrected chi connectivity index (χ0v) is 12.9. The van der Waals surface area contributed by atoms with E-state index in [4.69, 9.17) is 4.74 Å². The van der Waals surface area contributed by atoms with Crippen molar-refractivity contribution in [2.45, 2.75) is 53.2 Å². The average molecular weight is 261 g/mol. The molecule has 0 bridgehead atoms. The summed E-state index contributed by atoms with van der Waals surface area (Å²) in [5.74, 6) is 0.975. The first kappa shape index (κ1) is 15.8. The molecule has 1 aromatic carbocycles. The molecule has 0 radical (unpaired) electrons. The summed E-state index contributed by atoms with van der Waals surface area (Å²) in [7, 11) is 0. The predicted octanol–water partition coefficient (Wildman–Crippen LogP) is 4.27. The molecule has 0 fully saturated rings. The van der Waals surface area contributed by atoms with Gasteiger partial charge in [0.1, 0.15) is 5.75 Å². The summed E-state index contributed by atoms with van der Waals surface area (Å²) in [5, 5.41) is 3.42. The third-order valence-corrected chi connectivity index (χ3v) is 2.82. The number of benzene rings is 1. The number of rotatable bonds is 7. The highest BCUT2D eigenvalue weighted by molar-refractivity contribution is 5.68. The molecule has 1 rings (SSSR count). The highest BCUT2D eigenvalue weighted by Gasteiger charge is 2.06. The second-order valence-electron chi connectivity index (χ2n) is 5.45. The third kappa shape index (κ3) is 5.93. The molecule has 2 heteroatoms. The minimum absolute atomic E-state index is 0.205. The van der Waals surface area contributed by atoms with Gasteiger partial charge in [0.05, 0.1) is 6.10 Å². The van der Waals surface area contributed by atoms with Gasteiger partial charge in [0, 0.05) is 11.6 Å². The molecule has 1 N–H and O–H groups in total. The van der Waals surface area contributed by atoms with Gasteiger partial charge in [0.25, 0.3) is 0 Å². The molecule has 106 valence electrons. The molecule has 0 amide bonds. The average Bonchev–Trinajstić information content (AvgIpc) is 2.34. The molecule has 19 heavy (non-hydrogen) atoms. The maximum absolute atomic E-state index is 5.85. The van der Waals surface area contributed by atoms with Crippen LogP contribution in [0.25, 0.3) is 5.57 Å². The van der Waals surface area contributed by atoms with Crippen LogP contribution in [0.5, 0.6) is 5.75 Å². The van der Waals surface area contributed by atoms with Gasteiger partial charge in [-0.25, -0.2) is 0 Å². The molecule has 0 aliphatic heterocycles. The van der Waals surface area contributed by atoms with Crippen LogP contribution in [0, 0.1) is 0 Å². The van der Waals surface area contributed by atoms with E-state index in [9.17, 15) is 0 Å². The summed E-state index contributed by atoms with van der Waals surface area (Å²) in [6.07, 6.45) is 3.52. The van der Waals surface area contributed by atoms with Crippen molar-refractivity contribution in [1.82, 2.24) is 5.32 Å². The van der Waals surface area contributed by atoms with Crippen LogP contribution in [0.4, 0.5) is 0 Å². The number of hydrogen-bond acceptors (Lipinski definition) is 2. The lowest BCUT2D eigenvalue weighted by Crippen LogP contribution is -2.23. The van der Waals surface area contributed by atoms with E-state index in [0.29, 0.717) is 6.04 Å². The SMILES string of the molecule is CC(=CCCNC(C)C)c1ccccc1OC(C)C. The zero-order chi connectivity index (χ0) is 14.3. The van der Waals surface area contributed by atoms with Crippen LogP contribution in [0.3, 0.4) is 0 Å². The van der Waals surface area contributed by atoms with Gasteiger partial charge in [-0.3, -0.25) is 0 Å². The standard InChI is InChI=1S/C17H27NO/c1-13(2)18-12-8-9-15(5)16-10-6-7-11-17(16)19-14(3)4/h6-7,9-11,13-14,18H,8,12H2,1-5H3. The highest BCUT2D eigenvalue weighted by Crippen LogP contribution is 2.26. The van der Waals surface area contributed by atoms with Crippen molar-refractivity contribution in [3.8, 4) is 5.75 Å². The molecule has 0 heterocycles. The molecule has 0 unspecified atom stereocenters. The van der Waals surface area contributed by atoms with Crippen molar-refractivity contribution in [2.24, 2.45) is 0 Å². The van der Waals surface area contributed by atoms with Crippen LogP contribution in [0.15, 0.2) is 30.3 Å². The molecule has 0 saturated heterocycles. The molecule has 2 nitrogen and oxygen atoms in total. The van der Waals surface area contributed by atoms with Gasteiger partial charge in [-0.05, 0) is 45.4 Å². The van der Waals surface area contributed by atoms with Crippen molar-refractivity contribution in [3.63, 3.8) is 0 Å². The second kappa shape index (κ2) is 8.00. The molecule has 0 atom stereocenters. The van der Waals surface area contributed by atoms with E-state index in [2.05, 4.69) is 58.1 Å². The van der Waals surface area contributed by atoms with Gasteiger partial charge in [0.15, 0.2) is 0 Å². The smallest absolute Gasteiger partial charge is 0.127 e. The Labute approximate surface area is 117 Å². The molecular weight excluding hydrogens is 234 g/mol. The van der Waals surface area contributed by atoms with Gasteiger partial charge in [0.2, 0.25) is 0 Å². The minimum Gasteiger partial charge on any atom is -0.490 e. The Hall–Kier alpha value is -1.28. The number of ether oxygens (including phenoxy) is 1. The van der Waals surface area contributed by atoms with Crippen LogP contribution in [-0.4, -0.2) is 18.7 Å². The number of hydrogen-bond donors (Lipinski definition) is 1. The van der Waals surface area contributed by atoms with Crippen LogP contribution in [0.1, 0.15) is 46.6 Å². The van der Waals surface area contributed by atoms with Crippen LogP contribution in [0.2, 0.25) is 0 Å². The zero-order valence-electron chi connectivity index (χ0n) is 12.9. The number of nitrogens with one attached hydrogen (secondary N) is 1. The highest BCUT2D eigenvalue weighted by atomic mass is 16.5. The Morgan fingerprint density at radius 2 is 1.89 bits per heavy atom. The summed E-state index contributed by atoms with van der Waals surface area (Å²) < 4.78 is 5.85. The normalized spacial score (nSPS) is 12.3. The lowest BCUT2D eigenvalue weighted by atomic mass is 10.1. The van der Waals surface area contributed by atoms with E-state index in [0.717, 1.165) is 18.7 Å². The Morgan fingerprint density at radius 1 is 1.21 bits per heavy atom. The van der Waals surface area contributed by atoms with Crippen molar-refractivity contribution < 1.29 is 4.74 Å². The molecule has 0 saturated carbocycles. The molecule has 1 aromatic rings. The summed E-state index contributed by atoms with van der Waals surface area (Å²) in [6.45, 7) is 11.6. The van der Waals surface area contributed by atoms with Gasteiger partial charge < -0.3 is 10.1 Å². The summed E-state index contributed by atoms with van der Waals surface area (Å²) in [6, 6.07) is 8.80. The maximum atomic E-state index is 5.85. The van der Waals surface area contributed by atoms with Gasteiger partial charge in [-0.1, -0.05) is 38.1 Å². The van der Waals surface area contributed by atoms with Crippen molar-refractivity contribution in [1.29, 1.82) is 0 Å². The lowest BCUT2D eigenvalue weighted by molar-refractivity contribution is 0.242. The Morgan fingerprint density at radius 3 is 2.53 bits per heavy atom. The fraction of sp³-hybridized carbons (Fsp3) is 0.529. The van der Waals surface area contributed by atoms with Gasteiger partial charge >= 0.3 is 0 Å². The largest absolute Gasteiger partial charge is 0.490 e. The first-order chi connectivity index (χ1) is 9.00. The Bertz CT molecular complexity index is 407. The van der Waals surface area contributed by atoms with E-state index < -0.39 is 0 Å². The van der Waals surface area contributed by atoms with Gasteiger partial charge in [-0.15, -0.1) is 0 Å². The molecule has 0 aliphatic carbocycles. The quantitative estimate of drug-likeness (QED) is 0.740. The summed E-state index contributed by atoms with van der Waals surface area (Å²) in [4.78, 5) is 0. The van der Waals surface area contributed by atoms with Gasteiger partial charge in [-0.2, -0.15) is 0 Å². The van der Waals surface area contributed by atoms with E-state index >= 15 is 0 Å². The lowest BCUT2D eigenvalue weighted by Gasteiger charge is -2.14. The minimum atomic E-state index is 0.205. The van der Waals surface area contributed by atoms with Crippen molar-refractivity contribution in [3.05, 3.63) is 35.9 Å².